The number of halogens is 1. The molecule has 0 N–H and O–H groups in total. The number of nitrogens with zero attached hydrogens (tertiary/aromatic N) is 1. The lowest BCUT2D eigenvalue weighted by Crippen LogP contribution is -2.37. The van der Waals surface area contributed by atoms with E-state index in [9.17, 15) is 8.42 Å². The van der Waals surface area contributed by atoms with Gasteiger partial charge in [0, 0.05) is 18.4 Å². The molecule has 0 bridgehead atoms. The van der Waals surface area contributed by atoms with Crippen molar-refractivity contribution in [1.82, 2.24) is 4.31 Å². The molecule has 0 aromatic rings. The van der Waals surface area contributed by atoms with Crippen LogP contribution in [0.3, 0.4) is 0 Å². The van der Waals surface area contributed by atoms with Crippen molar-refractivity contribution in [2.75, 3.05) is 24.2 Å². The average molecular weight is 298 g/mol. The highest BCUT2D eigenvalue weighted by Gasteiger charge is 2.33. The van der Waals surface area contributed by atoms with E-state index in [1.807, 2.05) is 0 Å². The minimum Gasteiger partial charge on any atom is -0.212 e. The van der Waals surface area contributed by atoms with Gasteiger partial charge in [-0.25, -0.2) is 12.7 Å². The summed E-state index contributed by atoms with van der Waals surface area (Å²) in [5.41, 5.74) is 0.140. The maximum absolute atomic E-state index is 11.7. The van der Waals surface area contributed by atoms with E-state index in [2.05, 4.69) is 36.7 Å². The standard InChI is InChI=1S/C10H20BrNO2S/c1-10(2,3)9(7-11)8-12-5-4-6-15(12,13)14/h9H,4-8H2,1-3H3. The van der Waals surface area contributed by atoms with Crippen LogP contribution >= 0.6 is 15.9 Å². The molecule has 0 radical (unpaired) electrons. The maximum Gasteiger partial charge on any atom is 0.214 e. The smallest absolute Gasteiger partial charge is 0.212 e. The van der Waals surface area contributed by atoms with Crippen molar-refractivity contribution in [1.29, 1.82) is 0 Å². The largest absolute Gasteiger partial charge is 0.214 e. The molecule has 15 heavy (non-hydrogen) atoms. The Balaban J connectivity index is 2.68. The molecule has 0 aliphatic carbocycles. The number of alkyl halides is 1. The van der Waals surface area contributed by atoms with E-state index in [4.69, 9.17) is 0 Å². The van der Waals surface area contributed by atoms with Crippen LogP contribution in [0, 0.1) is 11.3 Å². The third-order valence-electron chi connectivity index (χ3n) is 3.04. The third kappa shape index (κ3) is 3.43. The van der Waals surface area contributed by atoms with Gasteiger partial charge in [0.05, 0.1) is 5.75 Å². The summed E-state index contributed by atoms with van der Waals surface area (Å²) in [6, 6.07) is 0. The average Bonchev–Trinajstić information content (AvgIpc) is 2.39. The van der Waals surface area contributed by atoms with Gasteiger partial charge in [0.15, 0.2) is 0 Å². The van der Waals surface area contributed by atoms with Crippen LogP contribution in [0.4, 0.5) is 0 Å². The van der Waals surface area contributed by atoms with Crippen LogP contribution in [0.1, 0.15) is 27.2 Å². The monoisotopic (exact) mass is 297 g/mol. The van der Waals surface area contributed by atoms with Crippen LogP contribution in [0.2, 0.25) is 0 Å². The van der Waals surface area contributed by atoms with Crippen molar-refractivity contribution >= 4 is 26.0 Å². The van der Waals surface area contributed by atoms with E-state index in [-0.39, 0.29) is 5.41 Å². The first-order valence-electron chi connectivity index (χ1n) is 5.31. The summed E-state index contributed by atoms with van der Waals surface area (Å²) in [5.74, 6) is 0.692. The minimum atomic E-state index is -2.94. The highest BCUT2D eigenvalue weighted by atomic mass is 79.9. The summed E-state index contributed by atoms with van der Waals surface area (Å²) < 4.78 is 24.9. The van der Waals surface area contributed by atoms with Crippen LogP contribution in [-0.2, 0) is 10.0 Å². The molecule has 90 valence electrons. The van der Waals surface area contributed by atoms with E-state index in [0.29, 0.717) is 24.8 Å². The lowest BCUT2D eigenvalue weighted by molar-refractivity contribution is 0.225. The zero-order chi connectivity index (χ0) is 11.7. The topological polar surface area (TPSA) is 37.4 Å². The van der Waals surface area contributed by atoms with Gasteiger partial charge in [-0.15, -0.1) is 0 Å². The maximum atomic E-state index is 11.7. The molecule has 5 heteroatoms. The Kier molecular flexibility index (Phi) is 4.23. The molecule has 0 amide bonds. The fourth-order valence-corrected chi connectivity index (χ4v) is 4.44. The quantitative estimate of drug-likeness (QED) is 0.748. The number of hydrogen-bond acceptors (Lipinski definition) is 2. The SMILES string of the molecule is CC(C)(C)C(CBr)CN1CCCS1(=O)=O. The van der Waals surface area contributed by atoms with Crippen molar-refractivity contribution < 1.29 is 8.42 Å². The van der Waals surface area contributed by atoms with E-state index < -0.39 is 10.0 Å². The first-order valence-corrected chi connectivity index (χ1v) is 8.04. The molecule has 1 unspecified atom stereocenters. The molecule has 0 aromatic heterocycles. The van der Waals surface area contributed by atoms with Crippen molar-refractivity contribution in [2.24, 2.45) is 11.3 Å². The molecule has 1 heterocycles. The second kappa shape index (κ2) is 4.72. The molecule has 0 aromatic carbocycles. The van der Waals surface area contributed by atoms with Crippen molar-refractivity contribution in [3.8, 4) is 0 Å². The van der Waals surface area contributed by atoms with E-state index in [1.165, 1.54) is 0 Å². The molecular formula is C10H20BrNO2S. The van der Waals surface area contributed by atoms with Gasteiger partial charge < -0.3 is 0 Å². The van der Waals surface area contributed by atoms with Crippen LogP contribution in [0.5, 0.6) is 0 Å². The Morgan fingerprint density at radius 2 is 2.00 bits per heavy atom. The highest BCUT2D eigenvalue weighted by molar-refractivity contribution is 9.09. The van der Waals surface area contributed by atoms with E-state index in [0.717, 1.165) is 11.8 Å². The zero-order valence-corrected chi connectivity index (χ0v) is 12.1. The van der Waals surface area contributed by atoms with Gasteiger partial charge in [0.1, 0.15) is 0 Å². The van der Waals surface area contributed by atoms with E-state index >= 15 is 0 Å². The van der Waals surface area contributed by atoms with Crippen LogP contribution < -0.4 is 0 Å². The fraction of sp³-hybridized carbons (Fsp3) is 1.00. The summed E-state index contributed by atoms with van der Waals surface area (Å²) in [4.78, 5) is 0. The van der Waals surface area contributed by atoms with Crippen LogP contribution in [-0.4, -0.2) is 36.9 Å². The lowest BCUT2D eigenvalue weighted by Gasteiger charge is -2.32. The highest BCUT2D eigenvalue weighted by Crippen LogP contribution is 2.30. The number of hydrogen-bond donors (Lipinski definition) is 0. The Morgan fingerprint density at radius 1 is 1.40 bits per heavy atom. The lowest BCUT2D eigenvalue weighted by atomic mass is 9.82. The predicted molar refractivity (Wildman–Crippen MR) is 66.7 cm³/mol. The molecule has 1 saturated heterocycles. The summed E-state index contributed by atoms with van der Waals surface area (Å²) in [6.07, 6.45) is 0.779. The van der Waals surface area contributed by atoms with Gasteiger partial charge in [0.25, 0.3) is 0 Å². The summed E-state index contributed by atoms with van der Waals surface area (Å²) in [6.45, 7) is 7.81. The first-order chi connectivity index (χ1) is 6.77. The number of sulfonamides is 1. The van der Waals surface area contributed by atoms with Crippen molar-refractivity contribution in [3.63, 3.8) is 0 Å². The summed E-state index contributed by atoms with van der Waals surface area (Å²) >= 11 is 3.47. The summed E-state index contributed by atoms with van der Waals surface area (Å²) in [5, 5.41) is 0.850. The summed E-state index contributed by atoms with van der Waals surface area (Å²) in [7, 11) is -2.94. The fourth-order valence-electron chi connectivity index (χ4n) is 1.70. The molecule has 1 rings (SSSR count). The van der Waals surface area contributed by atoms with Gasteiger partial charge in [-0.05, 0) is 17.8 Å². The first kappa shape index (κ1) is 13.5. The third-order valence-corrected chi connectivity index (χ3v) is 5.74. The number of rotatable bonds is 3. The van der Waals surface area contributed by atoms with Gasteiger partial charge in [-0.2, -0.15) is 0 Å². The Morgan fingerprint density at radius 3 is 2.33 bits per heavy atom. The molecule has 1 atom stereocenters. The van der Waals surface area contributed by atoms with Gasteiger partial charge >= 0.3 is 0 Å². The van der Waals surface area contributed by atoms with Crippen molar-refractivity contribution in [2.45, 2.75) is 27.2 Å². The Hall–Kier alpha value is 0.390. The van der Waals surface area contributed by atoms with Crippen LogP contribution in [0.25, 0.3) is 0 Å². The molecule has 1 fully saturated rings. The van der Waals surface area contributed by atoms with Gasteiger partial charge in [-0.3, -0.25) is 0 Å². The molecule has 1 aliphatic rings. The van der Waals surface area contributed by atoms with Crippen molar-refractivity contribution in [3.05, 3.63) is 0 Å². The Labute approximate surface area is 101 Å². The molecular weight excluding hydrogens is 278 g/mol. The second-order valence-electron chi connectivity index (χ2n) is 5.24. The van der Waals surface area contributed by atoms with Gasteiger partial charge in [-0.1, -0.05) is 36.7 Å². The second-order valence-corrected chi connectivity index (χ2v) is 7.98. The molecule has 3 nitrogen and oxygen atoms in total. The predicted octanol–water partition coefficient (Wildman–Crippen LogP) is 2.08. The minimum absolute atomic E-state index is 0.140. The Bertz CT molecular complexity index is 308. The molecule has 0 saturated carbocycles. The van der Waals surface area contributed by atoms with Crippen LogP contribution in [0.15, 0.2) is 0 Å². The van der Waals surface area contributed by atoms with E-state index in [1.54, 1.807) is 4.31 Å². The molecule has 1 aliphatic heterocycles. The molecule has 0 spiro atoms. The zero-order valence-electron chi connectivity index (χ0n) is 9.66. The normalized spacial score (nSPS) is 24.3. The van der Waals surface area contributed by atoms with Gasteiger partial charge in [0.2, 0.25) is 10.0 Å².